The molecule has 3 aliphatic rings. The maximum Gasteiger partial charge on any atom is 0.132 e. The Morgan fingerprint density at radius 3 is 1.40 bits per heavy atom. The van der Waals surface area contributed by atoms with E-state index in [1.165, 1.54) is 22.3 Å². The van der Waals surface area contributed by atoms with Crippen molar-refractivity contribution in [3.8, 4) is 33.8 Å². The van der Waals surface area contributed by atoms with Crippen LogP contribution in [0, 0.1) is 0 Å². The summed E-state index contributed by atoms with van der Waals surface area (Å²) in [6.45, 7) is 0. The molecule has 1 spiro atoms. The number of rotatable bonds is 5. The van der Waals surface area contributed by atoms with Crippen LogP contribution in [0.25, 0.3) is 22.3 Å². The fourth-order valence-electron chi connectivity index (χ4n) is 10.3. The Morgan fingerprint density at radius 1 is 0.345 bits per heavy atom. The second kappa shape index (κ2) is 12.5. The van der Waals surface area contributed by atoms with E-state index in [-0.39, 0.29) is 17.8 Å². The van der Waals surface area contributed by atoms with E-state index in [9.17, 15) is 2.74 Å². The molecule has 1 aliphatic heterocycles. The number of hydrogen-bond acceptors (Lipinski definition) is 2. The Bertz CT molecular complexity index is 3220. The van der Waals surface area contributed by atoms with Crippen molar-refractivity contribution in [3.05, 3.63) is 269 Å². The molecule has 0 saturated heterocycles. The van der Waals surface area contributed by atoms with Crippen LogP contribution < -0.4 is 9.64 Å². The average molecular weight is 745 g/mol. The third-order valence-corrected chi connectivity index (χ3v) is 12.5. The van der Waals surface area contributed by atoms with Crippen molar-refractivity contribution in [2.45, 2.75) is 10.8 Å². The topological polar surface area (TPSA) is 12.5 Å². The molecule has 9 aromatic rings. The number of hydrogen-bond donors (Lipinski definition) is 0. The lowest BCUT2D eigenvalue weighted by Crippen LogP contribution is -2.32. The van der Waals surface area contributed by atoms with Crippen LogP contribution in [0.15, 0.2) is 224 Å². The minimum atomic E-state index is -0.682. The van der Waals surface area contributed by atoms with Crippen LogP contribution in [0.3, 0.4) is 0 Å². The second-order valence-electron chi connectivity index (χ2n) is 15.2. The van der Waals surface area contributed by atoms with Gasteiger partial charge in [0.25, 0.3) is 0 Å². The van der Waals surface area contributed by atoms with E-state index in [2.05, 4.69) is 146 Å². The molecule has 0 unspecified atom stereocenters. The quantitative estimate of drug-likeness (QED) is 0.174. The molecule has 2 heteroatoms. The highest BCUT2D eigenvalue weighted by Gasteiger charge is 2.51. The van der Waals surface area contributed by atoms with Crippen LogP contribution in [0.5, 0.6) is 11.5 Å². The van der Waals surface area contributed by atoms with Gasteiger partial charge in [-0.3, -0.25) is 0 Å². The molecule has 0 aromatic heterocycles. The largest absolute Gasteiger partial charge is 0.457 e. The smallest absolute Gasteiger partial charge is 0.132 e. The molecule has 0 saturated carbocycles. The molecule has 0 bridgehead atoms. The van der Waals surface area contributed by atoms with Gasteiger partial charge in [-0.25, -0.2) is 0 Å². The number of ether oxygens (including phenoxy) is 1. The van der Waals surface area contributed by atoms with Crippen molar-refractivity contribution in [3.63, 3.8) is 0 Å². The van der Waals surface area contributed by atoms with Crippen molar-refractivity contribution in [1.29, 1.82) is 0 Å². The summed E-state index contributed by atoms with van der Waals surface area (Å²) >= 11 is 0. The summed E-state index contributed by atoms with van der Waals surface area (Å²) in [5.41, 5.74) is 13.4. The standard InChI is InChI=1S/C56H37NO/c1-3-17-38(18-4-1)55(47-24-10-7-21-43(47)44-22-8-11-25-48(44)55)39-31-33-41(34-32-39)57(40-19-5-2-6-20-40)42-35-36-50-46(37-42)45-23-9-12-26-49(45)56(50)51-27-13-15-29-53(51)58-54-30-16-14-28-52(54)56/h1-37H/i2D,5D,6D,19D,20D. The van der Waals surface area contributed by atoms with E-state index in [0.29, 0.717) is 11.4 Å². The van der Waals surface area contributed by atoms with Crippen LogP contribution in [0.1, 0.15) is 51.4 Å². The Kier molecular flexibility index (Phi) is 6.07. The zero-order valence-corrected chi connectivity index (χ0v) is 31.3. The van der Waals surface area contributed by atoms with Gasteiger partial charge in [-0.05, 0) is 104 Å². The Labute approximate surface area is 345 Å². The summed E-state index contributed by atoms with van der Waals surface area (Å²) in [4.78, 5) is 1.83. The van der Waals surface area contributed by atoms with Gasteiger partial charge in [0.15, 0.2) is 0 Å². The number of benzene rings is 9. The summed E-state index contributed by atoms with van der Waals surface area (Å²) in [5.74, 6) is 1.59. The fourth-order valence-corrected chi connectivity index (χ4v) is 10.3. The molecule has 0 atom stereocenters. The van der Waals surface area contributed by atoms with E-state index in [1.54, 1.807) is 0 Å². The fraction of sp³-hybridized carbons (Fsp3) is 0.0357. The van der Waals surface area contributed by atoms with Gasteiger partial charge in [0.1, 0.15) is 11.5 Å². The van der Waals surface area contributed by atoms with Crippen molar-refractivity contribution in [2.75, 3.05) is 4.90 Å². The number of fused-ring (bicyclic) bond motifs is 12. The van der Waals surface area contributed by atoms with Crippen LogP contribution >= 0.6 is 0 Å². The van der Waals surface area contributed by atoms with E-state index < -0.39 is 29.0 Å². The minimum Gasteiger partial charge on any atom is -0.457 e. The molecule has 272 valence electrons. The van der Waals surface area contributed by atoms with Crippen molar-refractivity contribution in [1.82, 2.24) is 0 Å². The van der Waals surface area contributed by atoms with Gasteiger partial charge in [-0.2, -0.15) is 0 Å². The monoisotopic (exact) mass is 744 g/mol. The van der Waals surface area contributed by atoms with Crippen LogP contribution in [-0.4, -0.2) is 0 Å². The lowest BCUT2D eigenvalue weighted by atomic mass is 9.66. The highest BCUT2D eigenvalue weighted by atomic mass is 16.5. The Hall–Kier alpha value is -7.42. The second-order valence-corrected chi connectivity index (χ2v) is 15.2. The van der Waals surface area contributed by atoms with Gasteiger partial charge in [-0.1, -0.05) is 176 Å². The van der Waals surface area contributed by atoms with E-state index in [0.717, 1.165) is 56.0 Å². The first kappa shape index (κ1) is 28.0. The van der Waals surface area contributed by atoms with Crippen LogP contribution in [0.4, 0.5) is 17.1 Å². The van der Waals surface area contributed by atoms with Crippen LogP contribution in [0.2, 0.25) is 0 Å². The molecule has 2 aliphatic carbocycles. The van der Waals surface area contributed by atoms with Gasteiger partial charge < -0.3 is 9.64 Å². The molecule has 0 fully saturated rings. The molecule has 0 N–H and O–H groups in total. The van der Waals surface area contributed by atoms with Crippen molar-refractivity contribution in [2.24, 2.45) is 0 Å². The molecule has 58 heavy (non-hydrogen) atoms. The maximum atomic E-state index is 9.31. The van der Waals surface area contributed by atoms with Gasteiger partial charge in [0.2, 0.25) is 0 Å². The number of anilines is 3. The zero-order chi connectivity index (χ0) is 42.6. The first-order valence-corrected chi connectivity index (χ1v) is 19.7. The lowest BCUT2D eigenvalue weighted by Gasteiger charge is -2.39. The maximum absolute atomic E-state index is 9.31. The molecular weight excluding hydrogens is 703 g/mol. The minimum absolute atomic E-state index is 0.0748. The summed E-state index contributed by atoms with van der Waals surface area (Å²) < 4.78 is 51.3. The lowest BCUT2D eigenvalue weighted by molar-refractivity contribution is 0.436. The van der Waals surface area contributed by atoms with Gasteiger partial charge in [0, 0.05) is 28.2 Å². The summed E-state index contributed by atoms with van der Waals surface area (Å²) in [6, 6.07) is 65.6. The predicted molar refractivity (Wildman–Crippen MR) is 236 cm³/mol. The molecule has 2 nitrogen and oxygen atoms in total. The Morgan fingerprint density at radius 2 is 0.793 bits per heavy atom. The molecule has 0 radical (unpaired) electrons. The molecular formula is C56H37NO. The van der Waals surface area contributed by atoms with Crippen molar-refractivity contribution < 1.29 is 11.6 Å². The molecule has 0 amide bonds. The highest BCUT2D eigenvalue weighted by Crippen LogP contribution is 2.63. The van der Waals surface area contributed by atoms with Crippen molar-refractivity contribution >= 4 is 17.1 Å². The molecule has 9 aromatic carbocycles. The molecule has 1 heterocycles. The van der Waals surface area contributed by atoms with Crippen LogP contribution in [-0.2, 0) is 10.8 Å². The zero-order valence-electron chi connectivity index (χ0n) is 36.3. The molecule has 12 rings (SSSR count). The Balaban J connectivity index is 1.10. The summed E-state index contributed by atoms with van der Waals surface area (Å²) in [6.07, 6.45) is 0. The number of para-hydroxylation sites is 3. The first-order chi connectivity index (χ1) is 30.8. The third-order valence-electron chi connectivity index (χ3n) is 12.5. The predicted octanol–water partition coefficient (Wildman–Crippen LogP) is 14.0. The summed E-state index contributed by atoms with van der Waals surface area (Å²) in [5, 5.41) is 0. The van der Waals surface area contributed by atoms with Gasteiger partial charge >= 0.3 is 0 Å². The first-order valence-electron chi connectivity index (χ1n) is 22.2. The van der Waals surface area contributed by atoms with Gasteiger partial charge in [-0.15, -0.1) is 0 Å². The van der Waals surface area contributed by atoms with E-state index in [1.807, 2.05) is 53.4 Å². The third kappa shape index (κ3) is 4.37. The summed E-state index contributed by atoms with van der Waals surface area (Å²) in [7, 11) is 0. The van der Waals surface area contributed by atoms with E-state index >= 15 is 0 Å². The highest BCUT2D eigenvalue weighted by molar-refractivity contribution is 5.92. The SMILES string of the molecule is [2H]c1c([2H])c([2H])c(N(c2ccc(C3(c4ccccc4)c4ccccc4-c4ccccc43)cc2)c2ccc3c(c2)-c2ccccc2C32c3ccccc3Oc3ccccc32)c([2H])c1[2H]. The van der Waals surface area contributed by atoms with Gasteiger partial charge in [0.05, 0.1) is 17.7 Å². The normalized spacial score (nSPS) is 15.5. The van der Waals surface area contributed by atoms with E-state index in [4.69, 9.17) is 8.85 Å². The average Bonchev–Trinajstić information content (AvgIpc) is 3.80. The number of nitrogens with zero attached hydrogens (tertiary/aromatic N) is 1.